The Morgan fingerprint density at radius 3 is 2.78 bits per heavy atom. The zero-order valence-corrected chi connectivity index (χ0v) is 11.3. The van der Waals surface area contributed by atoms with Gasteiger partial charge in [0.15, 0.2) is 0 Å². The number of nitrogens with one attached hydrogen (secondary N) is 1. The third-order valence-electron chi connectivity index (χ3n) is 3.25. The quantitative estimate of drug-likeness (QED) is 0.852. The fourth-order valence-electron chi connectivity index (χ4n) is 2.07. The lowest BCUT2D eigenvalue weighted by Gasteiger charge is -2.39. The van der Waals surface area contributed by atoms with Crippen LogP contribution in [0.4, 0.5) is 5.95 Å². The zero-order valence-electron chi connectivity index (χ0n) is 10.5. The van der Waals surface area contributed by atoms with Crippen molar-refractivity contribution in [1.29, 1.82) is 0 Å². The number of amides is 1. The van der Waals surface area contributed by atoms with Crippen LogP contribution in [0.3, 0.4) is 0 Å². The summed E-state index contributed by atoms with van der Waals surface area (Å²) in [5, 5.41) is 2.98. The molecular weight excluding hydrogens is 254 g/mol. The smallest absolute Gasteiger partial charge is 0.231 e. The molecule has 98 valence electrons. The number of carbonyl (C=O) groups excluding carboxylic acids is 1. The summed E-state index contributed by atoms with van der Waals surface area (Å²) in [6, 6.07) is 1.64. The lowest BCUT2D eigenvalue weighted by atomic mass is 9.77. The van der Waals surface area contributed by atoms with E-state index >= 15 is 0 Å². The molecule has 2 rings (SSSR count). The number of halogens is 1. The van der Waals surface area contributed by atoms with Gasteiger partial charge in [-0.25, -0.2) is 9.97 Å². The molecule has 1 N–H and O–H groups in total. The van der Waals surface area contributed by atoms with Crippen LogP contribution in [0.5, 0.6) is 0 Å². The Bertz CT molecular complexity index is 435. The van der Waals surface area contributed by atoms with E-state index in [1.54, 1.807) is 20.1 Å². The van der Waals surface area contributed by atoms with Gasteiger partial charge in [0.25, 0.3) is 0 Å². The van der Waals surface area contributed by atoms with Crippen LogP contribution in [0, 0.1) is 6.92 Å². The topological polar surface area (TPSA) is 64.1 Å². The predicted molar refractivity (Wildman–Crippen MR) is 68.6 cm³/mol. The van der Waals surface area contributed by atoms with E-state index in [0.717, 1.165) is 25.0 Å². The van der Waals surface area contributed by atoms with E-state index in [9.17, 15) is 4.79 Å². The van der Waals surface area contributed by atoms with Gasteiger partial charge in [0.1, 0.15) is 5.15 Å². The summed E-state index contributed by atoms with van der Waals surface area (Å²) in [6.07, 6.45) is 3.28. The molecule has 0 saturated heterocycles. The molecule has 0 unspecified atom stereocenters. The Balaban J connectivity index is 1.98. The first-order chi connectivity index (χ1) is 8.53. The van der Waals surface area contributed by atoms with Crippen molar-refractivity contribution in [3.63, 3.8) is 0 Å². The van der Waals surface area contributed by atoms with E-state index in [1.807, 2.05) is 0 Å². The Morgan fingerprint density at radius 1 is 1.56 bits per heavy atom. The molecule has 0 atom stereocenters. The summed E-state index contributed by atoms with van der Waals surface area (Å²) in [5.74, 6) is 0.105. The number of aromatic nitrogens is 2. The molecule has 0 bridgehead atoms. The van der Waals surface area contributed by atoms with Gasteiger partial charge in [-0.05, 0) is 32.3 Å². The van der Waals surface area contributed by atoms with Gasteiger partial charge in [-0.15, -0.1) is 0 Å². The highest BCUT2D eigenvalue weighted by Gasteiger charge is 2.39. The van der Waals surface area contributed by atoms with E-state index in [4.69, 9.17) is 16.3 Å². The van der Waals surface area contributed by atoms with Crippen molar-refractivity contribution in [1.82, 2.24) is 9.97 Å². The molecule has 1 aliphatic rings. The predicted octanol–water partition coefficient (Wildman–Crippen LogP) is 2.34. The highest BCUT2D eigenvalue weighted by Crippen LogP contribution is 2.38. The fourth-order valence-corrected chi connectivity index (χ4v) is 2.31. The standard InChI is InChI=1S/C12H16ClN3O2/c1-8-6-9(13)15-11(14-8)16-10(17)7-12(18-2)4-3-5-12/h6H,3-5,7H2,1-2H3,(H,14,15,16,17). The second kappa shape index (κ2) is 5.20. The molecule has 1 heterocycles. The van der Waals surface area contributed by atoms with E-state index in [0.29, 0.717) is 11.6 Å². The molecule has 1 aliphatic carbocycles. The van der Waals surface area contributed by atoms with Crippen molar-refractivity contribution < 1.29 is 9.53 Å². The number of ether oxygens (including phenoxy) is 1. The Kier molecular flexibility index (Phi) is 3.82. The molecule has 6 heteroatoms. The molecule has 18 heavy (non-hydrogen) atoms. The third kappa shape index (κ3) is 2.97. The average molecular weight is 270 g/mol. The Labute approximate surface area is 111 Å². The molecule has 0 aliphatic heterocycles. The summed E-state index contributed by atoms with van der Waals surface area (Å²) in [5.41, 5.74) is 0.424. The largest absolute Gasteiger partial charge is 0.378 e. The van der Waals surface area contributed by atoms with Crippen molar-refractivity contribution in [2.75, 3.05) is 12.4 Å². The highest BCUT2D eigenvalue weighted by molar-refractivity contribution is 6.29. The maximum absolute atomic E-state index is 11.9. The first-order valence-electron chi connectivity index (χ1n) is 5.89. The van der Waals surface area contributed by atoms with Gasteiger partial charge in [-0.3, -0.25) is 10.1 Å². The minimum absolute atomic E-state index is 0.141. The maximum atomic E-state index is 11.9. The summed E-state index contributed by atoms with van der Waals surface area (Å²) >= 11 is 5.81. The number of methoxy groups -OCH3 is 1. The van der Waals surface area contributed by atoms with Crippen LogP contribution >= 0.6 is 11.6 Å². The molecule has 0 spiro atoms. The number of rotatable bonds is 4. The lowest BCUT2D eigenvalue weighted by molar-refractivity contribution is -0.129. The number of aryl methyl sites for hydroxylation is 1. The monoisotopic (exact) mass is 269 g/mol. The summed E-state index contributed by atoms with van der Waals surface area (Å²) in [7, 11) is 1.65. The van der Waals surface area contributed by atoms with Crippen LogP contribution in [0.2, 0.25) is 5.15 Å². The van der Waals surface area contributed by atoms with Crippen LogP contribution in [0.15, 0.2) is 6.07 Å². The van der Waals surface area contributed by atoms with Gasteiger partial charge in [-0.2, -0.15) is 0 Å². The fraction of sp³-hybridized carbons (Fsp3) is 0.583. The minimum atomic E-state index is -0.294. The van der Waals surface area contributed by atoms with Crippen LogP contribution < -0.4 is 5.32 Å². The van der Waals surface area contributed by atoms with Crippen LogP contribution in [0.1, 0.15) is 31.4 Å². The first-order valence-corrected chi connectivity index (χ1v) is 6.27. The molecule has 1 aromatic heterocycles. The van der Waals surface area contributed by atoms with E-state index in [1.165, 1.54) is 0 Å². The lowest BCUT2D eigenvalue weighted by Crippen LogP contribution is -2.42. The third-order valence-corrected chi connectivity index (χ3v) is 3.45. The second-order valence-corrected chi connectivity index (χ2v) is 5.01. The molecular formula is C12H16ClN3O2. The maximum Gasteiger partial charge on any atom is 0.231 e. The number of nitrogens with zero attached hydrogens (tertiary/aromatic N) is 2. The van der Waals surface area contributed by atoms with E-state index < -0.39 is 0 Å². The number of anilines is 1. The van der Waals surface area contributed by atoms with Gasteiger partial charge < -0.3 is 4.74 Å². The van der Waals surface area contributed by atoms with Crippen molar-refractivity contribution >= 4 is 23.5 Å². The molecule has 5 nitrogen and oxygen atoms in total. The molecule has 0 radical (unpaired) electrons. The van der Waals surface area contributed by atoms with E-state index in [-0.39, 0.29) is 17.5 Å². The van der Waals surface area contributed by atoms with Gasteiger partial charge >= 0.3 is 0 Å². The van der Waals surface area contributed by atoms with Gasteiger partial charge in [0.05, 0.1) is 12.0 Å². The van der Waals surface area contributed by atoms with Crippen molar-refractivity contribution in [2.45, 2.75) is 38.2 Å². The van der Waals surface area contributed by atoms with Crippen molar-refractivity contribution in [2.24, 2.45) is 0 Å². The van der Waals surface area contributed by atoms with Crippen molar-refractivity contribution in [3.8, 4) is 0 Å². The molecule has 0 aromatic carbocycles. The number of carbonyl (C=O) groups is 1. The summed E-state index contributed by atoms with van der Waals surface area (Å²) < 4.78 is 5.40. The number of hydrogen-bond acceptors (Lipinski definition) is 4. The highest BCUT2D eigenvalue weighted by atomic mass is 35.5. The van der Waals surface area contributed by atoms with Crippen LogP contribution in [0.25, 0.3) is 0 Å². The van der Waals surface area contributed by atoms with Crippen LogP contribution in [-0.2, 0) is 9.53 Å². The molecule has 1 fully saturated rings. The normalized spacial score (nSPS) is 17.1. The molecule has 1 aromatic rings. The average Bonchev–Trinajstić information content (AvgIpc) is 2.21. The van der Waals surface area contributed by atoms with Gasteiger partial charge in [-0.1, -0.05) is 11.6 Å². The van der Waals surface area contributed by atoms with E-state index in [2.05, 4.69) is 15.3 Å². The summed E-state index contributed by atoms with van der Waals surface area (Å²) in [6.45, 7) is 1.80. The zero-order chi connectivity index (χ0) is 13.2. The number of hydrogen-bond donors (Lipinski definition) is 1. The second-order valence-electron chi connectivity index (χ2n) is 4.62. The minimum Gasteiger partial charge on any atom is -0.378 e. The first kappa shape index (κ1) is 13.2. The van der Waals surface area contributed by atoms with Gasteiger partial charge in [0.2, 0.25) is 11.9 Å². The van der Waals surface area contributed by atoms with Gasteiger partial charge in [0, 0.05) is 12.8 Å². The van der Waals surface area contributed by atoms with Crippen LogP contribution in [-0.4, -0.2) is 28.6 Å². The summed E-state index contributed by atoms with van der Waals surface area (Å²) in [4.78, 5) is 19.9. The molecule has 1 saturated carbocycles. The molecule has 1 amide bonds. The Hall–Kier alpha value is -1.20. The Morgan fingerprint density at radius 2 is 2.28 bits per heavy atom. The SMILES string of the molecule is COC1(CC(=O)Nc2nc(C)cc(Cl)n2)CCC1. The van der Waals surface area contributed by atoms with Crippen molar-refractivity contribution in [3.05, 3.63) is 16.9 Å².